The summed E-state index contributed by atoms with van der Waals surface area (Å²) in [6.45, 7) is 12.6. The van der Waals surface area contributed by atoms with Crippen molar-refractivity contribution in [1.82, 2.24) is 0 Å². The maximum atomic E-state index is 9.26. The molecule has 0 aliphatic heterocycles. The van der Waals surface area contributed by atoms with Crippen LogP contribution in [-0.4, -0.2) is 0 Å². The molecule has 0 radical (unpaired) electrons. The Labute approximate surface area is 105 Å². The summed E-state index contributed by atoms with van der Waals surface area (Å²) >= 11 is 0. The third-order valence-electron chi connectivity index (χ3n) is 2.98. The smallest absolute Gasteiger partial charge is 0.0997 e. The fourth-order valence-electron chi connectivity index (χ4n) is 1.80. The van der Waals surface area contributed by atoms with Crippen molar-refractivity contribution < 1.29 is 0 Å². The number of benzene rings is 1. The molecule has 0 spiro atoms. The van der Waals surface area contributed by atoms with E-state index in [1.54, 1.807) is 0 Å². The van der Waals surface area contributed by atoms with Crippen LogP contribution in [0.5, 0.6) is 0 Å². The van der Waals surface area contributed by atoms with Gasteiger partial charge in [-0.15, -0.1) is 0 Å². The lowest BCUT2D eigenvalue weighted by Crippen LogP contribution is -2.11. The average Bonchev–Trinajstić information content (AvgIpc) is 2.19. The molecule has 1 rings (SSSR count). The number of hydrogen-bond acceptors (Lipinski definition) is 1. The highest BCUT2D eigenvalue weighted by molar-refractivity contribution is 5.80. The van der Waals surface area contributed by atoms with E-state index in [1.807, 2.05) is 13.8 Å². The second kappa shape index (κ2) is 4.75. The van der Waals surface area contributed by atoms with Crippen molar-refractivity contribution in [1.29, 1.82) is 5.26 Å². The Kier molecular flexibility index (Phi) is 3.78. The van der Waals surface area contributed by atoms with Gasteiger partial charge < -0.3 is 0 Å². The molecule has 1 heteroatoms. The van der Waals surface area contributed by atoms with E-state index in [-0.39, 0.29) is 5.41 Å². The van der Waals surface area contributed by atoms with Gasteiger partial charge in [0.15, 0.2) is 0 Å². The van der Waals surface area contributed by atoms with Gasteiger partial charge in [0, 0.05) is 0 Å². The van der Waals surface area contributed by atoms with E-state index in [9.17, 15) is 5.26 Å². The van der Waals surface area contributed by atoms with Crippen LogP contribution >= 0.6 is 0 Å². The lowest BCUT2D eigenvalue weighted by atomic mass is 9.84. The van der Waals surface area contributed by atoms with Crippen molar-refractivity contribution >= 4 is 5.57 Å². The Morgan fingerprint density at radius 1 is 1.18 bits per heavy atom. The first-order chi connectivity index (χ1) is 7.77. The van der Waals surface area contributed by atoms with Crippen molar-refractivity contribution in [2.24, 2.45) is 0 Å². The molecule has 0 fully saturated rings. The van der Waals surface area contributed by atoms with E-state index in [4.69, 9.17) is 0 Å². The van der Waals surface area contributed by atoms with Crippen LogP contribution in [0.2, 0.25) is 0 Å². The first-order valence-electron chi connectivity index (χ1n) is 5.96. The number of allylic oxidation sites excluding steroid dienone is 2. The number of hydrogen-bond donors (Lipinski definition) is 0. The van der Waals surface area contributed by atoms with Crippen LogP contribution in [0.15, 0.2) is 23.8 Å². The highest BCUT2D eigenvalue weighted by Gasteiger charge is 2.16. The van der Waals surface area contributed by atoms with Crippen molar-refractivity contribution in [2.75, 3.05) is 0 Å². The summed E-state index contributed by atoms with van der Waals surface area (Å²) in [6, 6.07) is 8.73. The highest BCUT2D eigenvalue weighted by atomic mass is 14.3. The molecule has 0 aromatic heterocycles. The van der Waals surface area contributed by atoms with Crippen LogP contribution < -0.4 is 0 Å². The summed E-state index contributed by atoms with van der Waals surface area (Å²) in [7, 11) is 0. The first kappa shape index (κ1) is 13.5. The molecule has 1 aromatic rings. The maximum Gasteiger partial charge on any atom is 0.0997 e. The van der Waals surface area contributed by atoms with Gasteiger partial charge >= 0.3 is 0 Å². The van der Waals surface area contributed by atoms with E-state index in [0.29, 0.717) is 0 Å². The quantitative estimate of drug-likeness (QED) is 0.643. The molecule has 0 N–H and O–H groups in total. The topological polar surface area (TPSA) is 23.8 Å². The Balaban J connectivity index is 3.46. The predicted octanol–water partition coefficient (Wildman–Crippen LogP) is 4.61. The zero-order chi connectivity index (χ0) is 13.2. The monoisotopic (exact) mass is 227 g/mol. The Bertz CT molecular complexity index is 489. The second-order valence-corrected chi connectivity index (χ2v) is 5.77. The molecule has 17 heavy (non-hydrogen) atoms. The average molecular weight is 227 g/mol. The fraction of sp³-hybridized carbons (Fsp3) is 0.438. The molecule has 0 aliphatic carbocycles. The van der Waals surface area contributed by atoms with Gasteiger partial charge in [-0.3, -0.25) is 0 Å². The molecule has 0 aliphatic rings. The molecule has 1 aromatic carbocycles. The molecule has 0 amide bonds. The summed E-state index contributed by atoms with van der Waals surface area (Å²) < 4.78 is 0. The van der Waals surface area contributed by atoms with Crippen molar-refractivity contribution in [2.45, 2.75) is 47.0 Å². The summed E-state index contributed by atoms with van der Waals surface area (Å²) in [6.07, 6.45) is 0. The molecule has 1 nitrogen and oxygen atoms in total. The normalized spacial score (nSPS) is 10.9. The number of nitriles is 1. The molecule has 0 heterocycles. The molecule has 0 unspecified atom stereocenters. The van der Waals surface area contributed by atoms with Crippen LogP contribution in [0, 0.1) is 18.3 Å². The number of aryl methyl sites for hydroxylation is 1. The largest absolute Gasteiger partial charge is 0.192 e. The summed E-state index contributed by atoms with van der Waals surface area (Å²) in [5.74, 6) is 0. The van der Waals surface area contributed by atoms with Crippen molar-refractivity contribution in [3.05, 3.63) is 40.5 Å². The van der Waals surface area contributed by atoms with Gasteiger partial charge in [-0.05, 0) is 48.9 Å². The van der Waals surface area contributed by atoms with Gasteiger partial charge in [0.05, 0.1) is 11.6 Å². The summed E-state index contributed by atoms with van der Waals surface area (Å²) in [5, 5.41) is 9.26. The number of nitrogens with zero attached hydrogens (tertiary/aromatic N) is 1. The fourth-order valence-corrected chi connectivity index (χ4v) is 1.80. The lowest BCUT2D eigenvalue weighted by Gasteiger charge is -2.21. The van der Waals surface area contributed by atoms with Crippen LogP contribution in [-0.2, 0) is 5.41 Å². The Morgan fingerprint density at radius 3 is 2.18 bits per heavy atom. The van der Waals surface area contributed by atoms with Gasteiger partial charge in [0.2, 0.25) is 0 Å². The molecule has 0 saturated heterocycles. The second-order valence-electron chi connectivity index (χ2n) is 5.77. The van der Waals surface area contributed by atoms with Crippen molar-refractivity contribution in [3.63, 3.8) is 0 Å². The minimum Gasteiger partial charge on any atom is -0.192 e. The molecule has 0 atom stereocenters. The van der Waals surface area contributed by atoms with Crippen LogP contribution in [0.25, 0.3) is 5.57 Å². The Hall–Kier alpha value is -1.55. The van der Waals surface area contributed by atoms with Gasteiger partial charge in [-0.2, -0.15) is 5.26 Å². The van der Waals surface area contributed by atoms with Gasteiger partial charge in [-0.1, -0.05) is 38.5 Å². The van der Waals surface area contributed by atoms with Crippen molar-refractivity contribution in [3.8, 4) is 6.07 Å². The van der Waals surface area contributed by atoms with E-state index in [2.05, 4.69) is 52.0 Å². The number of rotatable bonds is 1. The SMILES string of the molecule is CC(C)=C(C#N)c1cc(C(C)(C)C)ccc1C. The zero-order valence-electron chi connectivity index (χ0n) is 11.7. The van der Waals surface area contributed by atoms with Gasteiger partial charge in [0.1, 0.15) is 0 Å². The van der Waals surface area contributed by atoms with Crippen LogP contribution in [0.1, 0.15) is 51.3 Å². The van der Waals surface area contributed by atoms with E-state index >= 15 is 0 Å². The molecular formula is C16H21N. The van der Waals surface area contributed by atoms with Gasteiger partial charge in [-0.25, -0.2) is 0 Å². The van der Waals surface area contributed by atoms with E-state index in [1.165, 1.54) is 5.56 Å². The third kappa shape index (κ3) is 2.97. The molecule has 90 valence electrons. The Morgan fingerprint density at radius 2 is 1.76 bits per heavy atom. The molecule has 0 saturated carbocycles. The summed E-state index contributed by atoms with van der Waals surface area (Å²) in [5.41, 5.74) is 5.49. The van der Waals surface area contributed by atoms with E-state index < -0.39 is 0 Å². The third-order valence-corrected chi connectivity index (χ3v) is 2.98. The predicted molar refractivity (Wildman–Crippen MR) is 73.8 cm³/mol. The van der Waals surface area contributed by atoms with Gasteiger partial charge in [0.25, 0.3) is 0 Å². The maximum absolute atomic E-state index is 9.26. The van der Waals surface area contributed by atoms with Crippen LogP contribution in [0.4, 0.5) is 0 Å². The lowest BCUT2D eigenvalue weighted by molar-refractivity contribution is 0.590. The minimum absolute atomic E-state index is 0.116. The van der Waals surface area contributed by atoms with Crippen LogP contribution in [0.3, 0.4) is 0 Å². The zero-order valence-corrected chi connectivity index (χ0v) is 11.7. The summed E-state index contributed by atoms with van der Waals surface area (Å²) in [4.78, 5) is 0. The first-order valence-corrected chi connectivity index (χ1v) is 5.96. The van der Waals surface area contributed by atoms with E-state index in [0.717, 1.165) is 22.3 Å². The highest BCUT2D eigenvalue weighted by Crippen LogP contribution is 2.28. The minimum atomic E-state index is 0.116. The molecular weight excluding hydrogens is 206 g/mol. The molecule has 0 bridgehead atoms. The standard InChI is InChI=1S/C16H21N/c1-11(2)15(10-17)14-9-13(16(4,5)6)8-7-12(14)3/h7-9H,1-6H3.